The highest BCUT2D eigenvalue weighted by atomic mass is 16.7. The maximum absolute atomic E-state index is 10.3. The van der Waals surface area contributed by atoms with Crippen molar-refractivity contribution in [3.05, 3.63) is 60.2 Å². The molecule has 3 rings (SSSR count). The Hall–Kier alpha value is -2.12. The summed E-state index contributed by atoms with van der Waals surface area (Å²) < 4.78 is 21.7. The van der Waals surface area contributed by atoms with Gasteiger partial charge in [-0.3, -0.25) is 0 Å². The van der Waals surface area contributed by atoms with E-state index in [2.05, 4.69) is 0 Å². The van der Waals surface area contributed by atoms with Gasteiger partial charge in [0.2, 0.25) is 0 Å². The van der Waals surface area contributed by atoms with Crippen LogP contribution in [0.2, 0.25) is 0 Å². The third kappa shape index (κ3) is 4.49. The van der Waals surface area contributed by atoms with E-state index in [1.54, 1.807) is 31.4 Å². The first-order valence-corrected chi connectivity index (χ1v) is 8.11. The van der Waals surface area contributed by atoms with E-state index in [0.29, 0.717) is 5.75 Å². The minimum Gasteiger partial charge on any atom is -0.497 e. The smallest absolute Gasteiger partial charge is 0.184 e. The van der Waals surface area contributed by atoms with E-state index in [1.165, 1.54) is 0 Å². The second-order valence-corrected chi connectivity index (χ2v) is 5.80. The number of benzene rings is 2. The second-order valence-electron chi connectivity index (χ2n) is 5.80. The molecule has 0 aliphatic carbocycles. The summed E-state index contributed by atoms with van der Waals surface area (Å²) in [6, 6.07) is 16.6. The molecule has 2 N–H and O–H groups in total. The number of hydrogen-bond acceptors (Lipinski definition) is 6. The van der Waals surface area contributed by atoms with Crippen molar-refractivity contribution >= 4 is 0 Å². The van der Waals surface area contributed by atoms with Crippen LogP contribution in [0.4, 0.5) is 0 Å². The molecule has 25 heavy (non-hydrogen) atoms. The van der Waals surface area contributed by atoms with Gasteiger partial charge in [-0.1, -0.05) is 30.3 Å². The maximum Gasteiger partial charge on any atom is 0.184 e. The number of ether oxygens (including phenoxy) is 4. The molecule has 1 heterocycles. The minimum absolute atomic E-state index is 0.107. The summed E-state index contributed by atoms with van der Waals surface area (Å²) in [7, 11) is 1.59. The predicted octanol–water partition coefficient (Wildman–Crippen LogP) is 1.74. The molecule has 0 amide bonds. The Bertz CT molecular complexity index is 645. The summed E-state index contributed by atoms with van der Waals surface area (Å²) in [6.07, 6.45) is -3.65. The molecule has 0 spiro atoms. The number of methoxy groups -OCH3 is 1. The van der Waals surface area contributed by atoms with Gasteiger partial charge in [-0.2, -0.15) is 0 Å². The van der Waals surface area contributed by atoms with Crippen LogP contribution in [0, 0.1) is 0 Å². The number of rotatable bonds is 7. The predicted molar refractivity (Wildman–Crippen MR) is 90.4 cm³/mol. The first-order chi connectivity index (χ1) is 12.2. The molecule has 1 aliphatic rings. The highest BCUT2D eigenvalue weighted by Gasteiger charge is 2.44. The van der Waals surface area contributed by atoms with Gasteiger partial charge in [0, 0.05) is 0 Å². The average molecular weight is 346 g/mol. The van der Waals surface area contributed by atoms with E-state index in [9.17, 15) is 10.2 Å². The molecule has 2 aromatic rings. The van der Waals surface area contributed by atoms with Crippen molar-refractivity contribution in [2.24, 2.45) is 0 Å². The van der Waals surface area contributed by atoms with Crippen molar-refractivity contribution in [1.29, 1.82) is 0 Å². The van der Waals surface area contributed by atoms with Crippen molar-refractivity contribution in [2.45, 2.75) is 31.2 Å². The molecule has 1 unspecified atom stereocenters. The zero-order valence-corrected chi connectivity index (χ0v) is 13.9. The van der Waals surface area contributed by atoms with Gasteiger partial charge in [-0.15, -0.1) is 0 Å². The van der Waals surface area contributed by atoms with Gasteiger partial charge in [0.15, 0.2) is 6.29 Å². The Morgan fingerprint density at radius 3 is 2.32 bits per heavy atom. The van der Waals surface area contributed by atoms with Gasteiger partial charge in [0.25, 0.3) is 0 Å². The zero-order valence-electron chi connectivity index (χ0n) is 13.9. The number of hydrogen-bond donors (Lipinski definition) is 2. The molecule has 0 radical (unpaired) electrons. The first kappa shape index (κ1) is 17.7. The third-order valence-corrected chi connectivity index (χ3v) is 4.07. The highest BCUT2D eigenvalue weighted by Crippen LogP contribution is 2.25. The molecule has 1 aliphatic heterocycles. The molecular weight excluding hydrogens is 324 g/mol. The van der Waals surface area contributed by atoms with Crippen LogP contribution < -0.4 is 9.47 Å². The molecule has 4 atom stereocenters. The van der Waals surface area contributed by atoms with Crippen molar-refractivity contribution < 1.29 is 29.2 Å². The van der Waals surface area contributed by atoms with Crippen molar-refractivity contribution in [3.63, 3.8) is 0 Å². The Kier molecular flexibility index (Phi) is 5.88. The standard InChI is InChI=1S/C19H22O6/c1-22-14-7-9-15(10-8-14)23-12-16-17(20)18(19(21)25-16)24-11-13-5-3-2-4-6-13/h2-10,16-21H,11-12H2,1H3/t16-,17-,18-,19?/m1/s1. The largest absolute Gasteiger partial charge is 0.497 e. The number of aliphatic hydroxyl groups is 2. The lowest BCUT2D eigenvalue weighted by Crippen LogP contribution is -2.37. The van der Waals surface area contributed by atoms with Crippen LogP contribution in [0.25, 0.3) is 0 Å². The van der Waals surface area contributed by atoms with Gasteiger partial charge in [0.05, 0.1) is 13.7 Å². The normalized spacial score (nSPS) is 25.7. The van der Waals surface area contributed by atoms with Crippen molar-refractivity contribution in [3.8, 4) is 11.5 Å². The third-order valence-electron chi connectivity index (χ3n) is 4.07. The fourth-order valence-electron chi connectivity index (χ4n) is 2.65. The second kappa shape index (κ2) is 8.31. The van der Waals surface area contributed by atoms with Gasteiger partial charge < -0.3 is 29.2 Å². The van der Waals surface area contributed by atoms with E-state index in [-0.39, 0.29) is 13.2 Å². The molecule has 1 fully saturated rings. The maximum atomic E-state index is 10.3. The van der Waals surface area contributed by atoms with Crippen LogP contribution in [0.3, 0.4) is 0 Å². The van der Waals surface area contributed by atoms with E-state index in [4.69, 9.17) is 18.9 Å². The SMILES string of the molecule is COc1ccc(OC[C@H]2OC(O)[C@H](OCc3ccccc3)[C@@H]2O)cc1. The fraction of sp³-hybridized carbons (Fsp3) is 0.368. The summed E-state index contributed by atoms with van der Waals surface area (Å²) in [6.45, 7) is 0.394. The van der Waals surface area contributed by atoms with Crippen LogP contribution in [-0.2, 0) is 16.1 Å². The van der Waals surface area contributed by atoms with Gasteiger partial charge in [0.1, 0.15) is 36.4 Å². The molecule has 0 saturated carbocycles. The lowest BCUT2D eigenvalue weighted by Gasteiger charge is -2.18. The zero-order chi connectivity index (χ0) is 17.6. The molecule has 134 valence electrons. The average Bonchev–Trinajstić information content (AvgIpc) is 2.93. The Morgan fingerprint density at radius 2 is 1.64 bits per heavy atom. The summed E-state index contributed by atoms with van der Waals surface area (Å²) in [4.78, 5) is 0. The van der Waals surface area contributed by atoms with E-state index in [0.717, 1.165) is 11.3 Å². The molecule has 0 bridgehead atoms. The first-order valence-electron chi connectivity index (χ1n) is 8.11. The van der Waals surface area contributed by atoms with E-state index < -0.39 is 24.6 Å². The topological polar surface area (TPSA) is 77.4 Å². The molecule has 6 nitrogen and oxygen atoms in total. The Balaban J connectivity index is 1.51. The molecule has 6 heteroatoms. The molecule has 2 aromatic carbocycles. The van der Waals surface area contributed by atoms with Crippen LogP contribution >= 0.6 is 0 Å². The molecule has 1 saturated heterocycles. The molecular formula is C19H22O6. The summed E-state index contributed by atoms with van der Waals surface area (Å²) in [5.74, 6) is 1.36. The van der Waals surface area contributed by atoms with Gasteiger partial charge >= 0.3 is 0 Å². The highest BCUT2D eigenvalue weighted by molar-refractivity contribution is 5.31. The quantitative estimate of drug-likeness (QED) is 0.795. The Morgan fingerprint density at radius 1 is 0.960 bits per heavy atom. The van der Waals surface area contributed by atoms with E-state index >= 15 is 0 Å². The van der Waals surface area contributed by atoms with Gasteiger partial charge in [-0.25, -0.2) is 0 Å². The summed E-state index contributed by atoms with van der Waals surface area (Å²) in [5, 5.41) is 20.3. The summed E-state index contributed by atoms with van der Waals surface area (Å²) >= 11 is 0. The van der Waals surface area contributed by atoms with Gasteiger partial charge in [-0.05, 0) is 29.8 Å². The number of aliphatic hydroxyl groups excluding tert-OH is 2. The van der Waals surface area contributed by atoms with E-state index in [1.807, 2.05) is 30.3 Å². The summed E-state index contributed by atoms with van der Waals surface area (Å²) in [5.41, 5.74) is 0.958. The minimum atomic E-state index is -1.19. The Labute approximate surface area is 146 Å². The van der Waals surface area contributed by atoms with Crippen molar-refractivity contribution in [1.82, 2.24) is 0 Å². The van der Waals surface area contributed by atoms with Crippen LogP contribution in [0.5, 0.6) is 11.5 Å². The monoisotopic (exact) mass is 346 g/mol. The van der Waals surface area contributed by atoms with Crippen molar-refractivity contribution in [2.75, 3.05) is 13.7 Å². The fourth-order valence-corrected chi connectivity index (χ4v) is 2.65. The lowest BCUT2D eigenvalue weighted by atomic mass is 10.1. The van der Waals surface area contributed by atoms with Crippen LogP contribution in [0.1, 0.15) is 5.56 Å². The van der Waals surface area contributed by atoms with Crippen LogP contribution in [-0.4, -0.2) is 48.5 Å². The molecule has 0 aromatic heterocycles. The van der Waals surface area contributed by atoms with Crippen LogP contribution in [0.15, 0.2) is 54.6 Å². The lowest BCUT2D eigenvalue weighted by molar-refractivity contribution is -0.149.